The predicted molar refractivity (Wildman–Crippen MR) is 317 cm³/mol. The van der Waals surface area contributed by atoms with Crippen LogP contribution in [0.5, 0.6) is 0 Å². The van der Waals surface area contributed by atoms with Crippen LogP contribution in [0.15, 0.2) is 24.3 Å². The van der Waals surface area contributed by atoms with Crippen molar-refractivity contribution in [2.24, 2.45) is 0 Å². The summed E-state index contributed by atoms with van der Waals surface area (Å²) in [7, 11) is 0. The van der Waals surface area contributed by atoms with Crippen molar-refractivity contribution in [2.75, 3.05) is 39.6 Å². The van der Waals surface area contributed by atoms with E-state index >= 15 is 0 Å². The lowest BCUT2D eigenvalue weighted by molar-refractivity contribution is -0.204. The highest BCUT2D eigenvalue weighted by atomic mass is 16.8. The van der Waals surface area contributed by atoms with Gasteiger partial charge in [0.25, 0.3) is 0 Å². The fourth-order valence-corrected chi connectivity index (χ4v) is 9.60. The molecule has 0 aliphatic rings. The van der Waals surface area contributed by atoms with Crippen LogP contribution in [0, 0.1) is 0 Å². The van der Waals surface area contributed by atoms with Gasteiger partial charge in [-0.3, -0.25) is 0 Å². The Balaban J connectivity index is 4.20. The van der Waals surface area contributed by atoms with Crippen LogP contribution in [0.3, 0.4) is 0 Å². The summed E-state index contributed by atoms with van der Waals surface area (Å²) in [6.45, 7) is 17.8. The van der Waals surface area contributed by atoms with E-state index < -0.39 is 0 Å². The maximum atomic E-state index is 6.26. The zero-order valence-corrected chi connectivity index (χ0v) is 50.2. The maximum Gasteiger partial charge on any atom is 0.180 e. The summed E-state index contributed by atoms with van der Waals surface area (Å²) < 4.78 is 43.2. The Labute approximate surface area is 457 Å². The first kappa shape index (κ1) is 72.2. The second-order valence-corrected chi connectivity index (χ2v) is 21.6. The molecule has 0 aromatic carbocycles. The molecular formula is C66H130O7. The van der Waals surface area contributed by atoms with Crippen molar-refractivity contribution in [3.05, 3.63) is 24.3 Å². The van der Waals surface area contributed by atoms with E-state index in [1.54, 1.807) is 0 Å². The first-order chi connectivity index (χ1) is 36.1. The Morgan fingerprint density at radius 1 is 0.247 bits per heavy atom. The minimum absolute atomic E-state index is 0.00368. The van der Waals surface area contributed by atoms with Crippen molar-refractivity contribution < 1.29 is 33.2 Å². The molecule has 0 saturated heterocycles. The van der Waals surface area contributed by atoms with Gasteiger partial charge in [-0.2, -0.15) is 0 Å². The van der Waals surface area contributed by atoms with E-state index in [0.717, 1.165) is 52.1 Å². The van der Waals surface area contributed by atoms with Crippen molar-refractivity contribution in [1.29, 1.82) is 0 Å². The topological polar surface area (TPSA) is 64.6 Å². The minimum Gasteiger partial charge on any atom is -0.353 e. The lowest BCUT2D eigenvalue weighted by Gasteiger charge is -2.20. The van der Waals surface area contributed by atoms with E-state index in [1.807, 2.05) is 13.8 Å². The molecule has 0 aliphatic carbocycles. The van der Waals surface area contributed by atoms with Crippen molar-refractivity contribution in [3.8, 4) is 0 Å². The maximum absolute atomic E-state index is 6.26. The van der Waals surface area contributed by atoms with Crippen LogP contribution in [0.25, 0.3) is 0 Å². The molecule has 0 amide bonds. The van der Waals surface area contributed by atoms with Crippen LogP contribution in [-0.2, 0) is 33.2 Å². The number of ether oxygens (including phenoxy) is 7. The van der Waals surface area contributed by atoms with Crippen molar-refractivity contribution >= 4 is 0 Å². The van der Waals surface area contributed by atoms with E-state index in [0.29, 0.717) is 13.2 Å². The second kappa shape index (κ2) is 63.7. The molecule has 0 saturated carbocycles. The fraction of sp³-hybridized carbons (Fsp3) is 0.939. The Hall–Kier alpha value is -0.800. The van der Waals surface area contributed by atoms with Gasteiger partial charge < -0.3 is 33.2 Å². The first-order valence-electron chi connectivity index (χ1n) is 32.8. The quantitative estimate of drug-likeness (QED) is 0.0342. The zero-order valence-electron chi connectivity index (χ0n) is 50.2. The predicted octanol–water partition coefficient (Wildman–Crippen LogP) is 21.6. The van der Waals surface area contributed by atoms with Gasteiger partial charge in [0, 0.05) is 39.6 Å². The molecular weight excluding hydrogens is 905 g/mol. The summed E-state index contributed by atoms with van der Waals surface area (Å²) in [4.78, 5) is 0. The number of unbranched alkanes of at least 4 members (excludes halogenated alkanes) is 38. The van der Waals surface area contributed by atoms with Gasteiger partial charge in [-0.05, 0) is 103 Å². The molecule has 2 unspecified atom stereocenters. The lowest BCUT2D eigenvalue weighted by atomic mass is 10.1. The van der Waals surface area contributed by atoms with Gasteiger partial charge in [-0.1, -0.05) is 258 Å². The first-order valence-corrected chi connectivity index (χ1v) is 32.8. The van der Waals surface area contributed by atoms with E-state index in [2.05, 4.69) is 52.0 Å². The molecule has 436 valence electrons. The van der Waals surface area contributed by atoms with Crippen molar-refractivity contribution in [1.82, 2.24) is 0 Å². The molecule has 0 bridgehead atoms. The molecule has 0 aromatic heterocycles. The van der Waals surface area contributed by atoms with Gasteiger partial charge in [0.1, 0.15) is 0 Å². The van der Waals surface area contributed by atoms with Crippen LogP contribution < -0.4 is 0 Å². The number of allylic oxidation sites excluding steroid dienone is 2. The molecule has 0 aromatic rings. The minimum atomic E-state index is -0.381. The molecule has 73 heavy (non-hydrogen) atoms. The smallest absolute Gasteiger partial charge is 0.180 e. The molecule has 7 heteroatoms. The highest BCUT2D eigenvalue weighted by Gasteiger charge is 2.13. The van der Waals surface area contributed by atoms with Gasteiger partial charge in [-0.25, -0.2) is 0 Å². The highest BCUT2D eigenvalue weighted by Crippen LogP contribution is 2.19. The normalized spacial score (nSPS) is 13.0. The third-order valence-corrected chi connectivity index (χ3v) is 14.3. The molecule has 7 nitrogen and oxygen atoms in total. The molecule has 0 aliphatic heterocycles. The molecule has 0 spiro atoms. The third kappa shape index (κ3) is 57.2. The summed E-state index contributed by atoms with van der Waals surface area (Å²) in [5.41, 5.74) is 0. The molecule has 0 N–H and O–H groups in total. The Bertz CT molecular complexity index is 936. The zero-order chi connectivity index (χ0) is 52.9. The average Bonchev–Trinajstić information content (AvgIpc) is 3.39. The lowest BCUT2D eigenvalue weighted by Crippen LogP contribution is -2.24. The molecule has 0 rings (SSSR count). The van der Waals surface area contributed by atoms with E-state index in [1.165, 1.54) is 270 Å². The molecule has 0 heterocycles. The summed E-state index contributed by atoms with van der Waals surface area (Å²) in [6, 6.07) is 0. The Kier molecular flexibility index (Phi) is 63.0. The monoisotopic (exact) mass is 1030 g/mol. The standard InChI is InChI=1S/C66H130O7/c1-7-13-17-21-43-51-59-69-63(70-60-52-44-22-18-14-8-2)55-47-39-35-31-27-25-29-33-37-41-49-57-65(67-11-5)73-66(68-12-6)58-50-42-38-34-30-26-28-32-36-40-48-56-64(71-61-53-45-23-19-15-9-3)72-62-54-46-24-20-16-10-4/h49-50,57-58,63-66H,7-48,51-56,59-62H2,1-6H3. The van der Waals surface area contributed by atoms with Gasteiger partial charge in [0.05, 0.1) is 0 Å². The Morgan fingerprint density at radius 2 is 0.479 bits per heavy atom. The van der Waals surface area contributed by atoms with E-state index in [4.69, 9.17) is 33.2 Å². The SMILES string of the molecule is CCCCCCCCOC(CCCCCCCCCCCC=CC(OCC)OC(C=CCCCCCCCCCCCC(OCCCCCCCC)OCCCCCCCC)OCC)OCCCCCCCC. The van der Waals surface area contributed by atoms with Gasteiger partial charge in [-0.15, -0.1) is 0 Å². The Morgan fingerprint density at radius 3 is 0.740 bits per heavy atom. The van der Waals surface area contributed by atoms with Crippen LogP contribution >= 0.6 is 0 Å². The van der Waals surface area contributed by atoms with Crippen LogP contribution in [-0.4, -0.2) is 64.8 Å². The van der Waals surface area contributed by atoms with Crippen molar-refractivity contribution in [2.45, 2.75) is 362 Å². The number of hydrogen-bond acceptors (Lipinski definition) is 7. The van der Waals surface area contributed by atoms with Crippen LogP contribution in [0.4, 0.5) is 0 Å². The second-order valence-electron chi connectivity index (χ2n) is 21.6. The van der Waals surface area contributed by atoms with E-state index in [-0.39, 0.29) is 25.2 Å². The van der Waals surface area contributed by atoms with Crippen LogP contribution in [0.2, 0.25) is 0 Å². The number of hydrogen-bond donors (Lipinski definition) is 0. The summed E-state index contributed by atoms with van der Waals surface area (Å²) in [5, 5.41) is 0. The average molecular weight is 1040 g/mol. The molecule has 2 atom stereocenters. The van der Waals surface area contributed by atoms with E-state index in [9.17, 15) is 0 Å². The largest absolute Gasteiger partial charge is 0.353 e. The van der Waals surface area contributed by atoms with Crippen LogP contribution in [0.1, 0.15) is 337 Å². The van der Waals surface area contributed by atoms with Crippen molar-refractivity contribution in [3.63, 3.8) is 0 Å². The van der Waals surface area contributed by atoms with Gasteiger partial charge in [0.15, 0.2) is 25.2 Å². The summed E-state index contributed by atoms with van der Waals surface area (Å²) >= 11 is 0. The molecule has 0 fully saturated rings. The van der Waals surface area contributed by atoms with Gasteiger partial charge >= 0.3 is 0 Å². The summed E-state index contributed by atoms with van der Waals surface area (Å²) in [6.07, 6.45) is 66.8. The van der Waals surface area contributed by atoms with Gasteiger partial charge in [0.2, 0.25) is 0 Å². The highest BCUT2D eigenvalue weighted by molar-refractivity contribution is 4.89. The fourth-order valence-electron chi connectivity index (χ4n) is 9.60. The molecule has 0 radical (unpaired) electrons. The summed E-state index contributed by atoms with van der Waals surface area (Å²) in [5.74, 6) is 0. The number of rotatable bonds is 64. The third-order valence-electron chi connectivity index (χ3n) is 14.3.